The molecule has 8 heteroatoms. The van der Waals surface area contributed by atoms with Crippen molar-refractivity contribution in [1.82, 2.24) is 20.1 Å². The molecule has 2 saturated heterocycles. The maximum Gasteiger partial charge on any atom is 0.253 e. The number of aromatic nitrogens is 1. The van der Waals surface area contributed by atoms with Crippen LogP contribution in [0.3, 0.4) is 0 Å². The number of aryl methyl sites for hydroxylation is 2. The molecule has 8 nitrogen and oxygen atoms in total. The molecular weight excluding hydrogens is 490 g/mol. The van der Waals surface area contributed by atoms with Crippen LogP contribution in [-0.4, -0.2) is 76.2 Å². The summed E-state index contributed by atoms with van der Waals surface area (Å²) in [5.74, 6) is 0.700. The van der Waals surface area contributed by atoms with Gasteiger partial charge in [0.2, 0.25) is 0 Å². The first-order valence-electron chi connectivity index (χ1n) is 13.9. The van der Waals surface area contributed by atoms with E-state index in [1.807, 2.05) is 44.2 Å². The Labute approximate surface area is 230 Å². The van der Waals surface area contributed by atoms with Gasteiger partial charge < -0.3 is 20.4 Å². The van der Waals surface area contributed by atoms with Crippen LogP contribution in [0.15, 0.2) is 54.7 Å². The average molecular weight is 530 g/mol. The summed E-state index contributed by atoms with van der Waals surface area (Å²) in [6.07, 6.45) is 3.85. The second kappa shape index (κ2) is 12.1. The summed E-state index contributed by atoms with van der Waals surface area (Å²) in [5, 5.41) is 23.4. The Hall–Kier alpha value is -3.62. The molecule has 0 unspecified atom stereocenters. The number of benzene rings is 2. The predicted octanol–water partition coefficient (Wildman–Crippen LogP) is 3.83. The number of phenolic OH excluding ortho intramolecular Hbond substituents is 1. The Morgan fingerprint density at radius 3 is 2.38 bits per heavy atom. The molecule has 3 aromatic rings. The van der Waals surface area contributed by atoms with Gasteiger partial charge >= 0.3 is 0 Å². The number of anilines is 1. The molecule has 0 radical (unpaired) electrons. The predicted molar refractivity (Wildman–Crippen MR) is 153 cm³/mol. The number of carbonyl (C=O) groups excluding carboxylic acids is 1. The van der Waals surface area contributed by atoms with Crippen LogP contribution in [0.5, 0.6) is 11.5 Å². The van der Waals surface area contributed by atoms with E-state index in [2.05, 4.69) is 31.1 Å². The van der Waals surface area contributed by atoms with Gasteiger partial charge in [-0.25, -0.2) is 4.98 Å². The number of hydrogen-bond acceptors (Lipinski definition) is 7. The molecule has 0 saturated carbocycles. The number of nitrogens with one attached hydrogen (secondary N) is 1. The van der Waals surface area contributed by atoms with E-state index in [0.717, 1.165) is 75.3 Å². The van der Waals surface area contributed by atoms with Crippen LogP contribution in [0.4, 0.5) is 5.82 Å². The van der Waals surface area contributed by atoms with Crippen molar-refractivity contribution in [2.24, 2.45) is 0 Å². The number of likely N-dealkylation sites (tertiary alicyclic amines) is 1. The number of aromatic hydroxyl groups is 2. The molecule has 3 N–H and O–H groups in total. The molecule has 2 fully saturated rings. The molecule has 3 heterocycles. The lowest BCUT2D eigenvalue weighted by atomic mass is 10.0. The standard InChI is InChI=1S/C31H39N5O3/c1-22-4-3-5-24(16-22)19-33-31(39)26-18-29(38)30(32-20-26)36-14-12-35(13-15-36)27-8-10-34(11-9-27)21-25-6-7-28(37)23(2)17-25/h3-7,16-18,20,27,37-38H,8-15,19,21H2,1-2H3,(H,33,39). The Balaban J connectivity index is 1.08. The summed E-state index contributed by atoms with van der Waals surface area (Å²) in [6.45, 7) is 10.9. The van der Waals surface area contributed by atoms with Gasteiger partial charge in [-0.05, 0) is 68.6 Å². The molecule has 206 valence electrons. The normalized spacial score (nSPS) is 17.3. The van der Waals surface area contributed by atoms with Gasteiger partial charge in [0.15, 0.2) is 11.6 Å². The van der Waals surface area contributed by atoms with Gasteiger partial charge in [-0.2, -0.15) is 0 Å². The van der Waals surface area contributed by atoms with Crippen molar-refractivity contribution >= 4 is 11.7 Å². The van der Waals surface area contributed by atoms with E-state index in [-0.39, 0.29) is 11.7 Å². The van der Waals surface area contributed by atoms with Gasteiger partial charge in [-0.1, -0.05) is 42.0 Å². The zero-order valence-electron chi connectivity index (χ0n) is 22.9. The number of amides is 1. The number of carbonyl (C=O) groups is 1. The highest BCUT2D eigenvalue weighted by atomic mass is 16.3. The fraction of sp³-hybridized carbons (Fsp3) is 0.419. The topological polar surface area (TPSA) is 92.2 Å². The van der Waals surface area contributed by atoms with Crippen molar-refractivity contribution in [3.05, 3.63) is 82.5 Å². The Morgan fingerprint density at radius 1 is 0.923 bits per heavy atom. The average Bonchev–Trinajstić information content (AvgIpc) is 2.94. The zero-order valence-corrected chi connectivity index (χ0v) is 22.9. The van der Waals surface area contributed by atoms with E-state index in [1.54, 1.807) is 12.3 Å². The van der Waals surface area contributed by atoms with E-state index < -0.39 is 0 Å². The van der Waals surface area contributed by atoms with Crippen LogP contribution >= 0.6 is 0 Å². The number of nitrogens with zero attached hydrogens (tertiary/aromatic N) is 4. The van der Waals surface area contributed by atoms with Gasteiger partial charge in [-0.15, -0.1) is 0 Å². The lowest BCUT2D eigenvalue weighted by molar-refractivity contribution is 0.0950. The number of piperazine rings is 1. The van der Waals surface area contributed by atoms with Crippen molar-refractivity contribution in [3.8, 4) is 11.5 Å². The summed E-state index contributed by atoms with van der Waals surface area (Å²) in [5.41, 5.74) is 4.72. The van der Waals surface area contributed by atoms with Crippen molar-refractivity contribution in [2.75, 3.05) is 44.2 Å². The molecule has 0 aliphatic carbocycles. The van der Waals surface area contributed by atoms with Crippen molar-refractivity contribution in [2.45, 2.75) is 45.8 Å². The van der Waals surface area contributed by atoms with Gasteiger partial charge in [0.05, 0.1) is 5.56 Å². The third-order valence-electron chi connectivity index (χ3n) is 8.00. The van der Waals surface area contributed by atoms with Crippen LogP contribution in [0.1, 0.15) is 45.5 Å². The lowest BCUT2D eigenvalue weighted by Crippen LogP contribution is -2.53. The molecule has 1 aromatic heterocycles. The minimum atomic E-state index is -0.248. The highest BCUT2D eigenvalue weighted by molar-refractivity contribution is 5.94. The fourth-order valence-electron chi connectivity index (χ4n) is 5.74. The summed E-state index contributed by atoms with van der Waals surface area (Å²) >= 11 is 0. The Morgan fingerprint density at radius 2 is 1.69 bits per heavy atom. The van der Waals surface area contributed by atoms with Gasteiger partial charge in [-0.3, -0.25) is 14.6 Å². The second-order valence-electron chi connectivity index (χ2n) is 10.9. The van der Waals surface area contributed by atoms with Gasteiger partial charge in [0, 0.05) is 51.5 Å². The third kappa shape index (κ3) is 6.69. The van der Waals surface area contributed by atoms with E-state index in [1.165, 1.54) is 11.6 Å². The largest absolute Gasteiger partial charge is 0.508 e. The minimum absolute atomic E-state index is 0.0458. The molecule has 0 atom stereocenters. The van der Waals surface area contributed by atoms with Crippen molar-refractivity contribution < 1.29 is 15.0 Å². The lowest BCUT2D eigenvalue weighted by Gasteiger charge is -2.43. The summed E-state index contributed by atoms with van der Waals surface area (Å²) in [7, 11) is 0. The summed E-state index contributed by atoms with van der Waals surface area (Å²) in [6, 6.07) is 16.0. The number of phenols is 1. The Bertz CT molecular complexity index is 1300. The summed E-state index contributed by atoms with van der Waals surface area (Å²) in [4.78, 5) is 24.3. The Kier molecular flexibility index (Phi) is 8.33. The first kappa shape index (κ1) is 27.0. The molecule has 2 aliphatic rings. The van der Waals surface area contributed by atoms with E-state index in [4.69, 9.17) is 0 Å². The third-order valence-corrected chi connectivity index (χ3v) is 8.00. The highest BCUT2D eigenvalue weighted by Gasteiger charge is 2.28. The monoisotopic (exact) mass is 529 g/mol. The zero-order chi connectivity index (χ0) is 27.4. The van der Waals surface area contributed by atoms with E-state index in [0.29, 0.717) is 29.7 Å². The number of hydrogen-bond donors (Lipinski definition) is 3. The number of piperidine rings is 1. The number of rotatable bonds is 7. The molecule has 0 bridgehead atoms. The molecular formula is C31H39N5O3. The summed E-state index contributed by atoms with van der Waals surface area (Å²) < 4.78 is 0. The second-order valence-corrected chi connectivity index (χ2v) is 10.9. The van der Waals surface area contributed by atoms with Crippen LogP contribution in [0, 0.1) is 13.8 Å². The molecule has 5 rings (SSSR count). The molecule has 1 amide bonds. The van der Waals surface area contributed by atoms with Crippen LogP contribution < -0.4 is 10.2 Å². The quantitative estimate of drug-likeness (QED) is 0.429. The maximum atomic E-state index is 12.6. The smallest absolute Gasteiger partial charge is 0.253 e. The van der Waals surface area contributed by atoms with Crippen molar-refractivity contribution in [1.29, 1.82) is 0 Å². The minimum Gasteiger partial charge on any atom is -0.508 e. The van der Waals surface area contributed by atoms with E-state index in [9.17, 15) is 15.0 Å². The van der Waals surface area contributed by atoms with Gasteiger partial charge in [0.1, 0.15) is 5.75 Å². The molecule has 0 spiro atoms. The molecule has 2 aromatic carbocycles. The first-order valence-corrected chi connectivity index (χ1v) is 13.9. The molecule has 39 heavy (non-hydrogen) atoms. The van der Waals surface area contributed by atoms with Crippen LogP contribution in [-0.2, 0) is 13.1 Å². The van der Waals surface area contributed by atoms with Gasteiger partial charge in [0.25, 0.3) is 5.91 Å². The maximum absolute atomic E-state index is 12.6. The van der Waals surface area contributed by atoms with E-state index >= 15 is 0 Å². The fourth-order valence-corrected chi connectivity index (χ4v) is 5.74. The highest BCUT2D eigenvalue weighted by Crippen LogP contribution is 2.28. The van der Waals surface area contributed by atoms with Crippen molar-refractivity contribution in [3.63, 3.8) is 0 Å². The first-order chi connectivity index (χ1) is 18.9. The number of pyridine rings is 1. The SMILES string of the molecule is Cc1cccc(CNC(=O)c2cnc(N3CCN(C4CCN(Cc5ccc(O)c(C)c5)CC4)CC3)c(O)c2)c1. The van der Waals surface area contributed by atoms with Crippen LogP contribution in [0.25, 0.3) is 0 Å². The molecule has 2 aliphatic heterocycles. The van der Waals surface area contributed by atoms with Crippen LogP contribution in [0.2, 0.25) is 0 Å².